The summed E-state index contributed by atoms with van der Waals surface area (Å²) in [7, 11) is 0. The monoisotopic (exact) mass is 621 g/mol. The van der Waals surface area contributed by atoms with Crippen LogP contribution in [0.2, 0.25) is 0 Å². The summed E-state index contributed by atoms with van der Waals surface area (Å²) in [5.41, 5.74) is 13.7. The van der Waals surface area contributed by atoms with Gasteiger partial charge in [0.25, 0.3) is 0 Å². The first-order chi connectivity index (χ1) is 24.3. The van der Waals surface area contributed by atoms with E-state index in [0.29, 0.717) is 0 Å². The summed E-state index contributed by atoms with van der Waals surface area (Å²) in [6.07, 6.45) is 0. The van der Waals surface area contributed by atoms with Crippen molar-refractivity contribution in [2.24, 2.45) is 0 Å². The first-order valence-electron chi connectivity index (χ1n) is 16.9. The van der Waals surface area contributed by atoms with E-state index >= 15 is 0 Å². The van der Waals surface area contributed by atoms with Crippen molar-refractivity contribution in [3.63, 3.8) is 0 Å². The molecule has 0 radical (unpaired) electrons. The van der Waals surface area contributed by atoms with E-state index in [1.165, 1.54) is 82.5 Å². The predicted molar refractivity (Wildman–Crippen MR) is 209 cm³/mol. The minimum Gasteiger partial charge on any atom is -0.310 e. The van der Waals surface area contributed by atoms with Gasteiger partial charge in [-0.15, -0.1) is 0 Å². The van der Waals surface area contributed by atoms with Crippen LogP contribution in [0, 0.1) is 0 Å². The molecule has 0 saturated carbocycles. The smallest absolute Gasteiger partial charge is 0.0540 e. The van der Waals surface area contributed by atoms with Crippen LogP contribution in [0.4, 0.5) is 17.1 Å². The Morgan fingerprint density at radius 3 is 1.53 bits per heavy atom. The molecule has 1 aliphatic carbocycles. The molecule has 9 aromatic rings. The molecular weight excluding hydrogens is 591 g/mol. The number of hydrogen-bond donors (Lipinski definition) is 0. The van der Waals surface area contributed by atoms with Crippen LogP contribution in [-0.4, -0.2) is 0 Å². The van der Waals surface area contributed by atoms with Crippen LogP contribution in [0.5, 0.6) is 0 Å². The number of anilines is 3. The van der Waals surface area contributed by atoms with Crippen molar-refractivity contribution >= 4 is 49.4 Å². The molecule has 0 aliphatic heterocycles. The van der Waals surface area contributed by atoms with Gasteiger partial charge in [-0.05, 0) is 132 Å². The highest BCUT2D eigenvalue weighted by atomic mass is 15.1. The molecule has 49 heavy (non-hydrogen) atoms. The van der Waals surface area contributed by atoms with E-state index in [4.69, 9.17) is 0 Å². The van der Waals surface area contributed by atoms with Gasteiger partial charge in [0.1, 0.15) is 0 Å². The summed E-state index contributed by atoms with van der Waals surface area (Å²) in [6.45, 7) is 0. The van der Waals surface area contributed by atoms with Gasteiger partial charge in [-0.25, -0.2) is 0 Å². The Kier molecular flexibility index (Phi) is 6.25. The van der Waals surface area contributed by atoms with Crippen molar-refractivity contribution in [2.75, 3.05) is 4.90 Å². The summed E-state index contributed by atoms with van der Waals surface area (Å²) >= 11 is 0. The van der Waals surface area contributed by atoms with Crippen molar-refractivity contribution in [1.29, 1.82) is 0 Å². The van der Waals surface area contributed by atoms with Crippen LogP contribution in [0.25, 0.3) is 76.8 Å². The van der Waals surface area contributed by atoms with Gasteiger partial charge in [0, 0.05) is 16.8 Å². The zero-order valence-corrected chi connectivity index (χ0v) is 26.8. The number of fused-ring (bicyclic) bond motifs is 7. The fourth-order valence-corrected chi connectivity index (χ4v) is 7.62. The maximum absolute atomic E-state index is 2.42. The van der Waals surface area contributed by atoms with Crippen LogP contribution >= 0.6 is 0 Å². The lowest BCUT2D eigenvalue weighted by atomic mass is 9.77. The molecule has 1 heteroatoms. The number of benzene rings is 9. The van der Waals surface area contributed by atoms with E-state index in [9.17, 15) is 0 Å². The fraction of sp³-hybridized carbons (Fsp3) is 0. The van der Waals surface area contributed by atoms with Gasteiger partial charge in [0.2, 0.25) is 0 Å². The third-order valence-corrected chi connectivity index (χ3v) is 10.1. The molecule has 0 saturated heterocycles. The third kappa shape index (κ3) is 4.63. The average molecular weight is 622 g/mol. The van der Waals surface area contributed by atoms with Gasteiger partial charge in [-0.2, -0.15) is 0 Å². The van der Waals surface area contributed by atoms with E-state index in [2.05, 4.69) is 193 Å². The molecule has 228 valence electrons. The highest BCUT2D eigenvalue weighted by Gasteiger charge is 2.25. The highest BCUT2D eigenvalue weighted by Crippen LogP contribution is 2.52. The molecule has 10 rings (SSSR count). The third-order valence-electron chi connectivity index (χ3n) is 10.1. The molecule has 0 N–H and O–H groups in total. The second-order valence-corrected chi connectivity index (χ2v) is 13.0. The summed E-state index contributed by atoms with van der Waals surface area (Å²) in [4.78, 5) is 2.42. The molecule has 0 bridgehead atoms. The van der Waals surface area contributed by atoms with Crippen molar-refractivity contribution < 1.29 is 0 Å². The Hall–Kier alpha value is -6.44. The zero-order chi connectivity index (χ0) is 32.3. The molecule has 0 heterocycles. The first kappa shape index (κ1) is 27.7. The SMILES string of the molecule is c1ccc(-c2ccc(N(c3ccc4ccccc4c3)c3cccc4cc5c(cc34)-c3cc4ccc(-c6ccccc6)cc4cc3-5)cc2)cc1. The van der Waals surface area contributed by atoms with Crippen molar-refractivity contribution in [2.45, 2.75) is 0 Å². The standard InChI is InChI=1S/C48H31N/c1-3-10-32(11-4-1)35-20-23-41(24-21-35)49(42-25-22-34-14-7-8-15-36(34)27-42)48-17-9-16-39-29-45-46-30-40-26-37(33-12-5-2-6-13-33)18-19-38(40)28-44(46)47(45)31-43(39)48/h1-31H. The van der Waals surface area contributed by atoms with Gasteiger partial charge < -0.3 is 4.90 Å². The molecule has 0 atom stereocenters. The van der Waals surface area contributed by atoms with E-state index in [-0.39, 0.29) is 0 Å². The fourth-order valence-electron chi connectivity index (χ4n) is 7.62. The topological polar surface area (TPSA) is 3.24 Å². The maximum Gasteiger partial charge on any atom is 0.0540 e. The van der Waals surface area contributed by atoms with Crippen LogP contribution in [0.15, 0.2) is 188 Å². The predicted octanol–water partition coefficient (Wildman–Crippen LogP) is 13.6. The molecule has 0 unspecified atom stereocenters. The molecule has 9 aromatic carbocycles. The second-order valence-electron chi connectivity index (χ2n) is 13.0. The maximum atomic E-state index is 2.42. The number of rotatable bonds is 5. The Balaban J connectivity index is 1.11. The summed E-state index contributed by atoms with van der Waals surface area (Å²) < 4.78 is 0. The molecule has 0 aromatic heterocycles. The molecule has 0 fully saturated rings. The average Bonchev–Trinajstić information content (AvgIpc) is 3.17. The Bertz CT molecular complexity index is 2690. The van der Waals surface area contributed by atoms with Gasteiger partial charge in [-0.3, -0.25) is 0 Å². The van der Waals surface area contributed by atoms with Crippen LogP contribution in [0.1, 0.15) is 0 Å². The molecule has 0 amide bonds. The summed E-state index contributed by atoms with van der Waals surface area (Å²) in [5.74, 6) is 0. The molecule has 1 nitrogen and oxygen atoms in total. The highest BCUT2D eigenvalue weighted by molar-refractivity contribution is 6.14. The Morgan fingerprint density at radius 1 is 0.265 bits per heavy atom. The van der Waals surface area contributed by atoms with Gasteiger partial charge in [0.15, 0.2) is 0 Å². The van der Waals surface area contributed by atoms with Gasteiger partial charge in [0.05, 0.1) is 5.69 Å². The summed E-state index contributed by atoms with van der Waals surface area (Å²) in [6, 6.07) is 68.7. The van der Waals surface area contributed by atoms with Gasteiger partial charge in [-0.1, -0.05) is 127 Å². The zero-order valence-electron chi connectivity index (χ0n) is 26.8. The van der Waals surface area contributed by atoms with Gasteiger partial charge >= 0.3 is 0 Å². The largest absolute Gasteiger partial charge is 0.310 e. The minimum atomic E-state index is 1.13. The Morgan fingerprint density at radius 2 is 0.776 bits per heavy atom. The van der Waals surface area contributed by atoms with Crippen LogP contribution in [-0.2, 0) is 0 Å². The first-order valence-corrected chi connectivity index (χ1v) is 16.9. The van der Waals surface area contributed by atoms with E-state index in [1.807, 2.05) is 0 Å². The number of hydrogen-bond acceptors (Lipinski definition) is 1. The minimum absolute atomic E-state index is 1.13. The quantitative estimate of drug-likeness (QED) is 0.185. The molecular formula is C48H31N. The lowest BCUT2D eigenvalue weighted by molar-refractivity contribution is 1.30. The second kappa shape index (κ2) is 11.1. The normalized spacial score (nSPS) is 11.7. The van der Waals surface area contributed by atoms with Crippen molar-refractivity contribution in [3.8, 4) is 44.5 Å². The lowest BCUT2D eigenvalue weighted by Crippen LogP contribution is -2.11. The van der Waals surface area contributed by atoms with Crippen LogP contribution < -0.4 is 4.90 Å². The van der Waals surface area contributed by atoms with E-state index in [1.54, 1.807) is 0 Å². The summed E-state index contributed by atoms with van der Waals surface area (Å²) in [5, 5.41) is 7.50. The Labute approximate surface area is 286 Å². The number of nitrogens with zero attached hydrogens (tertiary/aromatic N) is 1. The molecule has 1 aliphatic rings. The molecule has 0 spiro atoms. The van der Waals surface area contributed by atoms with Crippen molar-refractivity contribution in [3.05, 3.63) is 188 Å². The van der Waals surface area contributed by atoms with E-state index in [0.717, 1.165) is 11.4 Å². The lowest BCUT2D eigenvalue weighted by Gasteiger charge is -2.30. The van der Waals surface area contributed by atoms with E-state index < -0.39 is 0 Å². The van der Waals surface area contributed by atoms with Crippen molar-refractivity contribution in [1.82, 2.24) is 0 Å². The van der Waals surface area contributed by atoms with Crippen LogP contribution in [0.3, 0.4) is 0 Å².